The number of carbonyl (C=O) groups excluding carboxylic acids is 2. The molecule has 1 saturated carbocycles. The standard InChI is InChI=1S/C23H33N3O3/c1-17-6-8-18(9-7-17)14-24-22(28)26-15-20(21(27)25-19-4-2-3-5-19)23(16-26)10-12-29-13-11-23/h6-9,19-20H,2-5,10-16H2,1H3,(H,24,28)(H,25,27). The zero-order chi connectivity index (χ0) is 20.3. The van der Waals surface area contributed by atoms with Gasteiger partial charge in [0.15, 0.2) is 0 Å². The summed E-state index contributed by atoms with van der Waals surface area (Å²) >= 11 is 0. The molecule has 3 amide bonds. The molecule has 3 aliphatic rings. The third kappa shape index (κ3) is 4.58. The van der Waals surface area contributed by atoms with E-state index >= 15 is 0 Å². The van der Waals surface area contributed by atoms with Crippen molar-refractivity contribution in [3.05, 3.63) is 35.4 Å². The molecule has 1 aliphatic carbocycles. The number of ether oxygens (including phenoxy) is 1. The summed E-state index contributed by atoms with van der Waals surface area (Å²) in [7, 11) is 0. The number of benzene rings is 1. The van der Waals surface area contributed by atoms with Crippen molar-refractivity contribution in [1.29, 1.82) is 0 Å². The Hall–Kier alpha value is -2.08. The summed E-state index contributed by atoms with van der Waals surface area (Å²) in [6, 6.07) is 8.42. The third-order valence-corrected chi connectivity index (χ3v) is 7.01. The van der Waals surface area contributed by atoms with Crippen LogP contribution in [0.2, 0.25) is 0 Å². The van der Waals surface area contributed by atoms with Gasteiger partial charge in [0.05, 0.1) is 5.92 Å². The first-order valence-electron chi connectivity index (χ1n) is 11.0. The van der Waals surface area contributed by atoms with Gasteiger partial charge in [-0.1, -0.05) is 42.7 Å². The minimum absolute atomic E-state index is 0.0763. The van der Waals surface area contributed by atoms with Gasteiger partial charge in [-0.3, -0.25) is 4.79 Å². The second-order valence-corrected chi connectivity index (χ2v) is 9.04. The number of hydrogen-bond donors (Lipinski definition) is 2. The SMILES string of the molecule is Cc1ccc(CNC(=O)N2CC(C(=O)NC3CCCC3)C3(CCOCC3)C2)cc1. The first-order valence-corrected chi connectivity index (χ1v) is 11.0. The first-order chi connectivity index (χ1) is 14.1. The number of urea groups is 1. The highest BCUT2D eigenvalue weighted by atomic mass is 16.5. The fraction of sp³-hybridized carbons (Fsp3) is 0.652. The van der Waals surface area contributed by atoms with E-state index in [1.807, 2.05) is 17.0 Å². The van der Waals surface area contributed by atoms with Gasteiger partial charge in [0.2, 0.25) is 5.91 Å². The highest BCUT2D eigenvalue weighted by Gasteiger charge is 2.52. The Morgan fingerprint density at radius 3 is 2.52 bits per heavy atom. The van der Waals surface area contributed by atoms with Crippen molar-refractivity contribution in [3.63, 3.8) is 0 Å². The van der Waals surface area contributed by atoms with Gasteiger partial charge in [-0.25, -0.2) is 4.79 Å². The van der Waals surface area contributed by atoms with Gasteiger partial charge in [0, 0.05) is 44.3 Å². The Morgan fingerprint density at radius 2 is 1.83 bits per heavy atom. The fourth-order valence-corrected chi connectivity index (χ4v) is 5.14. The van der Waals surface area contributed by atoms with E-state index in [4.69, 9.17) is 4.74 Å². The van der Waals surface area contributed by atoms with Crippen LogP contribution in [0.15, 0.2) is 24.3 Å². The van der Waals surface area contributed by atoms with E-state index < -0.39 is 0 Å². The number of aryl methyl sites for hydroxylation is 1. The molecule has 1 spiro atoms. The second-order valence-electron chi connectivity index (χ2n) is 9.04. The number of carbonyl (C=O) groups is 2. The molecule has 0 bridgehead atoms. The van der Waals surface area contributed by atoms with Gasteiger partial charge in [0.1, 0.15) is 0 Å². The maximum Gasteiger partial charge on any atom is 0.317 e. The summed E-state index contributed by atoms with van der Waals surface area (Å²) in [5, 5.41) is 6.32. The van der Waals surface area contributed by atoms with Crippen molar-refractivity contribution in [3.8, 4) is 0 Å². The molecule has 1 aromatic carbocycles. The average Bonchev–Trinajstić information content (AvgIpc) is 3.36. The molecular formula is C23H33N3O3. The molecule has 2 saturated heterocycles. The fourth-order valence-electron chi connectivity index (χ4n) is 5.14. The quantitative estimate of drug-likeness (QED) is 0.818. The number of amides is 3. The summed E-state index contributed by atoms with van der Waals surface area (Å²) < 4.78 is 5.58. The van der Waals surface area contributed by atoms with Crippen LogP contribution in [-0.4, -0.2) is 49.2 Å². The molecule has 0 aromatic heterocycles. The largest absolute Gasteiger partial charge is 0.381 e. The number of likely N-dealkylation sites (tertiary alicyclic amines) is 1. The van der Waals surface area contributed by atoms with Crippen LogP contribution in [0.5, 0.6) is 0 Å². The van der Waals surface area contributed by atoms with Crippen molar-refractivity contribution in [2.24, 2.45) is 11.3 Å². The summed E-state index contributed by atoms with van der Waals surface area (Å²) in [5.41, 5.74) is 2.14. The number of nitrogens with one attached hydrogen (secondary N) is 2. The lowest BCUT2D eigenvalue weighted by atomic mass is 9.71. The van der Waals surface area contributed by atoms with E-state index in [-0.39, 0.29) is 23.3 Å². The number of rotatable bonds is 4. The topological polar surface area (TPSA) is 70.7 Å². The normalized spacial score (nSPS) is 24.0. The van der Waals surface area contributed by atoms with Crippen LogP contribution in [0.25, 0.3) is 0 Å². The average molecular weight is 400 g/mol. The van der Waals surface area contributed by atoms with Crippen molar-refractivity contribution in [2.45, 2.75) is 58.0 Å². The first kappa shape index (κ1) is 20.2. The lowest BCUT2D eigenvalue weighted by Crippen LogP contribution is -2.46. The second kappa shape index (κ2) is 8.74. The highest BCUT2D eigenvalue weighted by Crippen LogP contribution is 2.44. The van der Waals surface area contributed by atoms with E-state index in [0.29, 0.717) is 38.9 Å². The smallest absolute Gasteiger partial charge is 0.317 e. The minimum Gasteiger partial charge on any atom is -0.381 e. The van der Waals surface area contributed by atoms with Gasteiger partial charge < -0.3 is 20.3 Å². The van der Waals surface area contributed by atoms with Gasteiger partial charge in [-0.15, -0.1) is 0 Å². The Kier molecular flexibility index (Phi) is 6.09. The van der Waals surface area contributed by atoms with Crippen LogP contribution in [0.1, 0.15) is 49.7 Å². The van der Waals surface area contributed by atoms with E-state index in [0.717, 1.165) is 31.2 Å². The van der Waals surface area contributed by atoms with Crippen molar-refractivity contribution < 1.29 is 14.3 Å². The molecule has 3 fully saturated rings. The monoisotopic (exact) mass is 399 g/mol. The van der Waals surface area contributed by atoms with Crippen molar-refractivity contribution in [1.82, 2.24) is 15.5 Å². The Labute approximate surface area is 173 Å². The molecular weight excluding hydrogens is 366 g/mol. The molecule has 0 radical (unpaired) electrons. The van der Waals surface area contributed by atoms with E-state index in [1.54, 1.807) is 0 Å². The van der Waals surface area contributed by atoms with Crippen LogP contribution in [0, 0.1) is 18.3 Å². The molecule has 4 rings (SSSR count). The van der Waals surface area contributed by atoms with Crippen LogP contribution >= 0.6 is 0 Å². The third-order valence-electron chi connectivity index (χ3n) is 7.01. The molecule has 29 heavy (non-hydrogen) atoms. The Morgan fingerprint density at radius 1 is 1.14 bits per heavy atom. The molecule has 2 heterocycles. The number of nitrogens with zero attached hydrogens (tertiary/aromatic N) is 1. The van der Waals surface area contributed by atoms with Gasteiger partial charge in [-0.05, 0) is 38.2 Å². The predicted molar refractivity (Wildman–Crippen MR) is 111 cm³/mol. The van der Waals surface area contributed by atoms with E-state index in [1.165, 1.54) is 18.4 Å². The summed E-state index contributed by atoms with van der Waals surface area (Å²) in [6.07, 6.45) is 6.24. The molecule has 2 N–H and O–H groups in total. The van der Waals surface area contributed by atoms with Gasteiger partial charge >= 0.3 is 6.03 Å². The molecule has 1 atom stereocenters. The predicted octanol–water partition coefficient (Wildman–Crippen LogP) is 2.99. The van der Waals surface area contributed by atoms with Crippen LogP contribution in [0.4, 0.5) is 4.79 Å². The molecule has 2 aliphatic heterocycles. The highest BCUT2D eigenvalue weighted by molar-refractivity contribution is 5.83. The minimum atomic E-state index is -0.151. The van der Waals surface area contributed by atoms with Crippen LogP contribution in [-0.2, 0) is 16.1 Å². The van der Waals surface area contributed by atoms with E-state index in [2.05, 4.69) is 29.7 Å². The summed E-state index contributed by atoms with van der Waals surface area (Å²) in [5.74, 6) is -0.00948. The van der Waals surface area contributed by atoms with E-state index in [9.17, 15) is 9.59 Å². The molecule has 6 heteroatoms. The zero-order valence-electron chi connectivity index (χ0n) is 17.4. The lowest BCUT2D eigenvalue weighted by Gasteiger charge is -2.37. The van der Waals surface area contributed by atoms with Gasteiger partial charge in [0.25, 0.3) is 0 Å². The Balaban J connectivity index is 1.40. The molecule has 1 unspecified atom stereocenters. The maximum absolute atomic E-state index is 13.1. The number of hydrogen-bond acceptors (Lipinski definition) is 3. The molecule has 1 aromatic rings. The molecule has 6 nitrogen and oxygen atoms in total. The Bertz CT molecular complexity index is 721. The van der Waals surface area contributed by atoms with Crippen molar-refractivity contribution >= 4 is 11.9 Å². The summed E-state index contributed by atoms with van der Waals surface area (Å²) in [4.78, 5) is 27.9. The molecule has 158 valence electrons. The van der Waals surface area contributed by atoms with Crippen LogP contribution in [0.3, 0.4) is 0 Å². The van der Waals surface area contributed by atoms with Crippen LogP contribution < -0.4 is 10.6 Å². The van der Waals surface area contributed by atoms with Gasteiger partial charge in [-0.2, -0.15) is 0 Å². The summed E-state index contributed by atoms with van der Waals surface area (Å²) in [6.45, 7) is 5.04. The lowest BCUT2D eigenvalue weighted by molar-refractivity contribution is -0.130. The zero-order valence-corrected chi connectivity index (χ0v) is 17.4. The van der Waals surface area contributed by atoms with Crippen molar-refractivity contribution in [2.75, 3.05) is 26.3 Å². The maximum atomic E-state index is 13.1.